The monoisotopic (exact) mass is 608 g/mol. The van der Waals surface area contributed by atoms with Crippen molar-refractivity contribution in [2.24, 2.45) is 5.92 Å². The average molecular weight is 609 g/mol. The zero-order valence-corrected chi connectivity index (χ0v) is 24.9. The number of urea groups is 1. The summed E-state index contributed by atoms with van der Waals surface area (Å²) in [6, 6.07) is 15.1. The molecule has 1 aliphatic carbocycles. The molecule has 1 saturated heterocycles. The van der Waals surface area contributed by atoms with Crippen LogP contribution in [0.4, 0.5) is 10.6 Å². The standard InChI is InChI=1S/C33H36N8O4/c42-31(38-26-19-24-5-1-2-6-25(24)20-26)29-30(36-12-11-35-29)39-33(44)40-14-9-23(10-15-40)21-34-13-17-45-18-16-41-22-37-28-8-4-3-7-27(28)32(41)43/h1-8,11-13,17,22-23,26,34H,9-10,14-16,18-21H2,(H,38,42)(H,36,39,44). The van der Waals surface area contributed by atoms with E-state index in [2.05, 4.69) is 43.0 Å². The molecule has 2 aliphatic rings. The summed E-state index contributed by atoms with van der Waals surface area (Å²) in [5, 5.41) is 9.70. The van der Waals surface area contributed by atoms with Gasteiger partial charge in [-0.2, -0.15) is 0 Å². The number of likely N-dealkylation sites (tertiary alicyclic amines) is 1. The summed E-state index contributed by atoms with van der Waals surface area (Å²) >= 11 is 0. The zero-order valence-electron chi connectivity index (χ0n) is 24.9. The van der Waals surface area contributed by atoms with Crippen molar-refractivity contribution in [3.63, 3.8) is 0 Å². The lowest BCUT2D eigenvalue weighted by Gasteiger charge is -2.32. The molecule has 0 spiro atoms. The molecule has 4 aromatic rings. The van der Waals surface area contributed by atoms with Gasteiger partial charge in [0.2, 0.25) is 0 Å². The van der Waals surface area contributed by atoms with Gasteiger partial charge in [-0.25, -0.2) is 19.7 Å². The lowest BCUT2D eigenvalue weighted by molar-refractivity contribution is 0.0934. The Hall–Kier alpha value is -5.26. The van der Waals surface area contributed by atoms with Gasteiger partial charge in [-0.15, -0.1) is 0 Å². The number of fused-ring (bicyclic) bond motifs is 2. The number of para-hydroxylation sites is 1. The third-order valence-corrected chi connectivity index (χ3v) is 8.30. The number of nitrogens with one attached hydrogen (secondary N) is 3. The quantitative estimate of drug-likeness (QED) is 0.184. The van der Waals surface area contributed by atoms with Gasteiger partial charge >= 0.3 is 6.03 Å². The predicted octanol–water partition coefficient (Wildman–Crippen LogP) is 3.11. The van der Waals surface area contributed by atoms with Crippen LogP contribution < -0.4 is 21.5 Å². The van der Waals surface area contributed by atoms with Gasteiger partial charge in [-0.1, -0.05) is 36.4 Å². The van der Waals surface area contributed by atoms with E-state index in [1.807, 2.05) is 30.3 Å². The second kappa shape index (κ2) is 14.0. The predicted molar refractivity (Wildman–Crippen MR) is 170 cm³/mol. The highest BCUT2D eigenvalue weighted by atomic mass is 16.5. The van der Waals surface area contributed by atoms with Crippen LogP contribution in [-0.4, -0.2) is 68.6 Å². The van der Waals surface area contributed by atoms with Crippen LogP contribution in [0.5, 0.6) is 0 Å². The molecule has 1 fully saturated rings. The molecule has 232 valence electrons. The molecule has 0 atom stereocenters. The Kier molecular flexibility index (Phi) is 9.28. The van der Waals surface area contributed by atoms with Gasteiger partial charge < -0.3 is 20.3 Å². The van der Waals surface area contributed by atoms with Gasteiger partial charge in [0, 0.05) is 44.3 Å². The summed E-state index contributed by atoms with van der Waals surface area (Å²) in [5.41, 5.74) is 3.18. The maximum absolute atomic E-state index is 13.1. The summed E-state index contributed by atoms with van der Waals surface area (Å²) in [6.45, 7) is 2.68. The number of anilines is 1. The summed E-state index contributed by atoms with van der Waals surface area (Å²) in [5.74, 6) is 0.207. The maximum atomic E-state index is 13.1. The molecule has 2 aromatic heterocycles. The van der Waals surface area contributed by atoms with E-state index in [4.69, 9.17) is 4.74 Å². The Bertz CT molecular complexity index is 1720. The fourth-order valence-electron chi connectivity index (χ4n) is 5.85. The minimum absolute atomic E-state index is 0.0199. The van der Waals surface area contributed by atoms with Crippen LogP contribution in [0.15, 0.2) is 84.5 Å². The number of ether oxygens (including phenoxy) is 1. The number of rotatable bonds is 10. The lowest BCUT2D eigenvalue weighted by atomic mass is 9.97. The van der Waals surface area contributed by atoms with Crippen molar-refractivity contribution >= 4 is 28.7 Å². The molecule has 0 radical (unpaired) electrons. The topological polar surface area (TPSA) is 143 Å². The Morgan fingerprint density at radius 1 is 0.956 bits per heavy atom. The molecule has 12 nitrogen and oxygen atoms in total. The van der Waals surface area contributed by atoms with E-state index in [1.165, 1.54) is 23.5 Å². The van der Waals surface area contributed by atoms with Gasteiger partial charge in [0.25, 0.3) is 11.5 Å². The lowest BCUT2D eigenvalue weighted by Crippen LogP contribution is -2.43. The number of nitrogens with zero attached hydrogens (tertiary/aromatic N) is 5. The highest BCUT2D eigenvalue weighted by Gasteiger charge is 2.27. The van der Waals surface area contributed by atoms with Crippen molar-refractivity contribution < 1.29 is 14.3 Å². The van der Waals surface area contributed by atoms with Crippen LogP contribution in [-0.2, 0) is 24.1 Å². The number of aromatic nitrogens is 4. The van der Waals surface area contributed by atoms with E-state index in [1.54, 1.807) is 34.3 Å². The fraction of sp³-hybridized carbons (Fsp3) is 0.333. The second-order valence-corrected chi connectivity index (χ2v) is 11.3. The number of piperidine rings is 1. The zero-order chi connectivity index (χ0) is 31.0. The number of benzene rings is 2. The van der Waals surface area contributed by atoms with Crippen molar-refractivity contribution in [1.29, 1.82) is 0 Å². The van der Waals surface area contributed by atoms with Crippen molar-refractivity contribution in [3.05, 3.63) is 107 Å². The first-order chi connectivity index (χ1) is 22.0. The van der Waals surface area contributed by atoms with Crippen molar-refractivity contribution in [2.75, 3.05) is 31.6 Å². The number of carbonyl (C=O) groups excluding carboxylic acids is 2. The largest absolute Gasteiger partial charge is 0.498 e. The van der Waals surface area contributed by atoms with E-state index in [9.17, 15) is 14.4 Å². The molecule has 0 bridgehead atoms. The Labute approximate surface area is 260 Å². The molecule has 45 heavy (non-hydrogen) atoms. The summed E-state index contributed by atoms with van der Waals surface area (Å²) in [7, 11) is 0. The number of carbonyl (C=O) groups is 2. The molecular formula is C33H36N8O4. The van der Waals surface area contributed by atoms with Gasteiger partial charge in [0.1, 0.15) is 6.61 Å². The molecule has 12 heteroatoms. The number of amides is 3. The van der Waals surface area contributed by atoms with Crippen LogP contribution in [0.2, 0.25) is 0 Å². The van der Waals surface area contributed by atoms with E-state index in [0.29, 0.717) is 43.1 Å². The molecular weight excluding hydrogens is 572 g/mol. The second-order valence-electron chi connectivity index (χ2n) is 11.3. The molecule has 3 N–H and O–H groups in total. The minimum atomic E-state index is -0.349. The highest BCUT2D eigenvalue weighted by molar-refractivity contribution is 6.00. The molecule has 2 aromatic carbocycles. The molecule has 6 rings (SSSR count). The molecule has 1 aliphatic heterocycles. The molecule has 3 heterocycles. The fourth-order valence-corrected chi connectivity index (χ4v) is 5.85. The number of hydrogen-bond donors (Lipinski definition) is 3. The Morgan fingerprint density at radius 3 is 2.49 bits per heavy atom. The van der Waals surface area contributed by atoms with E-state index in [0.717, 1.165) is 32.2 Å². The smallest absolute Gasteiger partial charge is 0.323 e. The molecule has 0 saturated carbocycles. The first kappa shape index (κ1) is 29.8. The van der Waals surface area contributed by atoms with Crippen LogP contribution in [0.3, 0.4) is 0 Å². The van der Waals surface area contributed by atoms with Crippen LogP contribution in [0.1, 0.15) is 34.5 Å². The Morgan fingerprint density at radius 2 is 1.69 bits per heavy atom. The summed E-state index contributed by atoms with van der Waals surface area (Å²) < 4.78 is 7.09. The average Bonchev–Trinajstić information content (AvgIpc) is 3.48. The van der Waals surface area contributed by atoms with Crippen LogP contribution >= 0.6 is 0 Å². The van der Waals surface area contributed by atoms with E-state index >= 15 is 0 Å². The SMILES string of the molecule is O=C(NC1Cc2ccccc2C1)c1nccnc1NC(=O)N1CCC(CNC=COCCn2cnc3ccccc3c2=O)CC1. The normalized spacial score (nSPS) is 15.2. The summed E-state index contributed by atoms with van der Waals surface area (Å²) in [4.78, 5) is 53.2. The van der Waals surface area contributed by atoms with Gasteiger partial charge in [-0.3, -0.25) is 19.5 Å². The Balaban J connectivity index is 0.900. The van der Waals surface area contributed by atoms with E-state index < -0.39 is 0 Å². The van der Waals surface area contributed by atoms with Crippen molar-refractivity contribution in [3.8, 4) is 0 Å². The molecule has 3 amide bonds. The molecule has 0 unspecified atom stereocenters. The van der Waals surface area contributed by atoms with Crippen molar-refractivity contribution in [2.45, 2.75) is 38.3 Å². The van der Waals surface area contributed by atoms with Crippen LogP contribution in [0.25, 0.3) is 10.9 Å². The van der Waals surface area contributed by atoms with E-state index in [-0.39, 0.29) is 35.1 Å². The van der Waals surface area contributed by atoms with Gasteiger partial charge in [0.05, 0.1) is 30.0 Å². The minimum Gasteiger partial charge on any atom is -0.498 e. The first-order valence-electron chi connectivity index (χ1n) is 15.2. The van der Waals surface area contributed by atoms with Gasteiger partial charge in [0.15, 0.2) is 11.5 Å². The highest BCUT2D eigenvalue weighted by Crippen LogP contribution is 2.23. The van der Waals surface area contributed by atoms with Crippen LogP contribution in [0, 0.1) is 5.92 Å². The third-order valence-electron chi connectivity index (χ3n) is 8.30. The summed E-state index contributed by atoms with van der Waals surface area (Å²) in [6.07, 6.45) is 11.0. The van der Waals surface area contributed by atoms with Gasteiger partial charge in [-0.05, 0) is 54.9 Å². The third kappa shape index (κ3) is 7.28. The first-order valence-corrected chi connectivity index (χ1v) is 15.2. The number of hydrogen-bond acceptors (Lipinski definition) is 8. The maximum Gasteiger partial charge on any atom is 0.323 e. The van der Waals surface area contributed by atoms with Crippen molar-refractivity contribution in [1.82, 2.24) is 35.1 Å².